The van der Waals surface area contributed by atoms with Crippen molar-refractivity contribution in [2.75, 3.05) is 33.4 Å². The SMILES string of the molecule is COCC(C)CNCC1COc2ccccc21. The number of hydrogen-bond donors (Lipinski definition) is 1. The Balaban J connectivity index is 1.78. The number of ether oxygens (including phenoxy) is 2. The summed E-state index contributed by atoms with van der Waals surface area (Å²) in [7, 11) is 1.75. The summed E-state index contributed by atoms with van der Waals surface area (Å²) in [5.74, 6) is 2.09. The van der Waals surface area contributed by atoms with Crippen molar-refractivity contribution in [3.63, 3.8) is 0 Å². The lowest BCUT2D eigenvalue weighted by Gasteiger charge is -2.14. The van der Waals surface area contributed by atoms with E-state index in [0.29, 0.717) is 11.8 Å². The van der Waals surface area contributed by atoms with Crippen LogP contribution in [-0.2, 0) is 4.74 Å². The second-order valence-electron chi connectivity index (χ2n) is 4.76. The van der Waals surface area contributed by atoms with Crippen molar-refractivity contribution in [2.45, 2.75) is 12.8 Å². The van der Waals surface area contributed by atoms with Crippen LogP contribution in [0.3, 0.4) is 0 Å². The van der Waals surface area contributed by atoms with Gasteiger partial charge in [0.25, 0.3) is 0 Å². The molecule has 3 heteroatoms. The van der Waals surface area contributed by atoms with Crippen LogP contribution in [0.1, 0.15) is 18.4 Å². The van der Waals surface area contributed by atoms with Crippen molar-refractivity contribution in [3.8, 4) is 5.75 Å². The van der Waals surface area contributed by atoms with E-state index in [1.54, 1.807) is 7.11 Å². The van der Waals surface area contributed by atoms with Gasteiger partial charge < -0.3 is 14.8 Å². The highest BCUT2D eigenvalue weighted by atomic mass is 16.5. The fourth-order valence-corrected chi connectivity index (χ4v) is 2.25. The Bertz CT molecular complexity index is 354. The lowest BCUT2D eigenvalue weighted by atomic mass is 10.0. The summed E-state index contributed by atoms with van der Waals surface area (Å²) in [5.41, 5.74) is 1.33. The number of hydrogen-bond acceptors (Lipinski definition) is 3. The number of para-hydroxylation sites is 1. The largest absolute Gasteiger partial charge is 0.493 e. The van der Waals surface area contributed by atoms with Crippen LogP contribution in [0.5, 0.6) is 5.75 Å². The highest BCUT2D eigenvalue weighted by Gasteiger charge is 2.22. The Labute approximate surface area is 103 Å². The third-order valence-corrected chi connectivity index (χ3v) is 3.13. The van der Waals surface area contributed by atoms with Crippen molar-refractivity contribution >= 4 is 0 Å². The molecule has 0 aromatic heterocycles. The monoisotopic (exact) mass is 235 g/mol. The molecule has 1 N–H and O–H groups in total. The van der Waals surface area contributed by atoms with E-state index in [2.05, 4.69) is 24.4 Å². The normalized spacial score (nSPS) is 19.8. The third-order valence-electron chi connectivity index (χ3n) is 3.13. The maximum absolute atomic E-state index is 5.65. The van der Waals surface area contributed by atoms with E-state index < -0.39 is 0 Å². The maximum Gasteiger partial charge on any atom is 0.122 e. The second kappa shape index (κ2) is 6.03. The Kier molecular flexibility index (Phi) is 4.40. The van der Waals surface area contributed by atoms with Crippen LogP contribution >= 0.6 is 0 Å². The molecule has 1 aliphatic rings. The number of rotatable bonds is 6. The Morgan fingerprint density at radius 2 is 2.29 bits per heavy atom. The van der Waals surface area contributed by atoms with Gasteiger partial charge in [-0.05, 0) is 18.5 Å². The molecule has 1 aliphatic heterocycles. The van der Waals surface area contributed by atoms with Gasteiger partial charge in [-0.15, -0.1) is 0 Å². The maximum atomic E-state index is 5.65. The quantitative estimate of drug-likeness (QED) is 0.818. The van der Waals surface area contributed by atoms with E-state index in [9.17, 15) is 0 Å². The first kappa shape index (κ1) is 12.4. The van der Waals surface area contributed by atoms with Gasteiger partial charge in [-0.2, -0.15) is 0 Å². The van der Waals surface area contributed by atoms with Gasteiger partial charge >= 0.3 is 0 Å². The minimum atomic E-state index is 0.487. The molecule has 0 spiro atoms. The van der Waals surface area contributed by atoms with Gasteiger partial charge in [-0.1, -0.05) is 25.1 Å². The molecule has 1 aromatic rings. The lowest BCUT2D eigenvalue weighted by molar-refractivity contribution is 0.158. The minimum absolute atomic E-state index is 0.487. The minimum Gasteiger partial charge on any atom is -0.493 e. The molecular weight excluding hydrogens is 214 g/mol. The molecule has 0 aliphatic carbocycles. The Morgan fingerprint density at radius 3 is 3.12 bits per heavy atom. The van der Waals surface area contributed by atoms with E-state index in [1.165, 1.54) is 5.56 Å². The van der Waals surface area contributed by atoms with Crippen LogP contribution < -0.4 is 10.1 Å². The fourth-order valence-electron chi connectivity index (χ4n) is 2.25. The summed E-state index contributed by atoms with van der Waals surface area (Å²) in [6.07, 6.45) is 0. The fraction of sp³-hybridized carbons (Fsp3) is 0.571. The zero-order valence-corrected chi connectivity index (χ0v) is 10.6. The average Bonchev–Trinajstić information content (AvgIpc) is 2.73. The number of nitrogens with one attached hydrogen (secondary N) is 1. The molecule has 0 amide bonds. The van der Waals surface area contributed by atoms with Crippen molar-refractivity contribution < 1.29 is 9.47 Å². The molecule has 94 valence electrons. The first-order valence-corrected chi connectivity index (χ1v) is 6.22. The van der Waals surface area contributed by atoms with E-state index >= 15 is 0 Å². The molecule has 2 unspecified atom stereocenters. The molecule has 2 atom stereocenters. The van der Waals surface area contributed by atoms with Gasteiger partial charge in [0.15, 0.2) is 0 Å². The molecule has 0 saturated heterocycles. The van der Waals surface area contributed by atoms with Crippen LogP contribution in [0, 0.1) is 5.92 Å². The van der Waals surface area contributed by atoms with E-state index in [1.807, 2.05) is 12.1 Å². The molecule has 0 saturated carbocycles. The van der Waals surface area contributed by atoms with Crippen LogP contribution in [0.15, 0.2) is 24.3 Å². The molecule has 17 heavy (non-hydrogen) atoms. The Hall–Kier alpha value is -1.06. The molecule has 0 fully saturated rings. The molecule has 2 rings (SSSR count). The number of benzene rings is 1. The summed E-state index contributed by atoms with van der Waals surface area (Å²) in [6.45, 7) is 5.77. The molecule has 1 aromatic carbocycles. The van der Waals surface area contributed by atoms with Crippen molar-refractivity contribution in [3.05, 3.63) is 29.8 Å². The van der Waals surface area contributed by atoms with Crippen molar-refractivity contribution in [2.24, 2.45) is 5.92 Å². The van der Waals surface area contributed by atoms with Crippen LogP contribution in [0.25, 0.3) is 0 Å². The summed E-state index contributed by atoms with van der Waals surface area (Å²) < 4.78 is 10.8. The van der Waals surface area contributed by atoms with E-state index in [0.717, 1.165) is 32.1 Å². The lowest BCUT2D eigenvalue weighted by Crippen LogP contribution is -2.28. The molecule has 0 radical (unpaired) electrons. The van der Waals surface area contributed by atoms with Crippen LogP contribution in [0.2, 0.25) is 0 Å². The highest BCUT2D eigenvalue weighted by molar-refractivity contribution is 5.39. The molecule has 0 bridgehead atoms. The summed E-state index contributed by atoms with van der Waals surface area (Å²) >= 11 is 0. The van der Waals surface area contributed by atoms with Gasteiger partial charge in [-0.3, -0.25) is 0 Å². The van der Waals surface area contributed by atoms with Gasteiger partial charge in [0.05, 0.1) is 6.61 Å². The third kappa shape index (κ3) is 3.20. The van der Waals surface area contributed by atoms with Gasteiger partial charge in [0, 0.05) is 31.7 Å². The predicted octanol–water partition coefficient (Wildman–Crippen LogP) is 2.03. The number of fused-ring (bicyclic) bond motifs is 1. The highest BCUT2D eigenvalue weighted by Crippen LogP contribution is 2.32. The average molecular weight is 235 g/mol. The first-order chi connectivity index (χ1) is 8.31. The number of methoxy groups -OCH3 is 1. The van der Waals surface area contributed by atoms with E-state index in [-0.39, 0.29) is 0 Å². The molecule has 1 heterocycles. The smallest absolute Gasteiger partial charge is 0.122 e. The van der Waals surface area contributed by atoms with Crippen LogP contribution in [-0.4, -0.2) is 33.4 Å². The zero-order chi connectivity index (χ0) is 12.1. The molecular formula is C14H21NO2. The zero-order valence-electron chi connectivity index (χ0n) is 10.6. The molecule has 3 nitrogen and oxygen atoms in total. The van der Waals surface area contributed by atoms with Gasteiger partial charge in [0.2, 0.25) is 0 Å². The van der Waals surface area contributed by atoms with Crippen molar-refractivity contribution in [1.82, 2.24) is 5.32 Å². The second-order valence-corrected chi connectivity index (χ2v) is 4.76. The standard InChI is InChI=1S/C14H21NO2/c1-11(9-16-2)7-15-8-12-10-17-14-6-4-3-5-13(12)14/h3-6,11-12,15H,7-10H2,1-2H3. The van der Waals surface area contributed by atoms with Crippen LogP contribution in [0.4, 0.5) is 0 Å². The van der Waals surface area contributed by atoms with Gasteiger partial charge in [-0.25, -0.2) is 0 Å². The van der Waals surface area contributed by atoms with E-state index in [4.69, 9.17) is 9.47 Å². The Morgan fingerprint density at radius 1 is 1.47 bits per heavy atom. The first-order valence-electron chi connectivity index (χ1n) is 6.22. The summed E-state index contributed by atoms with van der Waals surface area (Å²) in [5, 5.41) is 3.49. The summed E-state index contributed by atoms with van der Waals surface area (Å²) in [6, 6.07) is 8.31. The van der Waals surface area contributed by atoms with Gasteiger partial charge in [0.1, 0.15) is 5.75 Å². The summed E-state index contributed by atoms with van der Waals surface area (Å²) in [4.78, 5) is 0. The topological polar surface area (TPSA) is 30.5 Å². The van der Waals surface area contributed by atoms with Crippen molar-refractivity contribution in [1.29, 1.82) is 0 Å². The predicted molar refractivity (Wildman–Crippen MR) is 68.6 cm³/mol.